The number of rotatable bonds is 2. The van der Waals surface area contributed by atoms with Gasteiger partial charge >= 0.3 is 0 Å². The fourth-order valence-corrected chi connectivity index (χ4v) is 1.30. The van der Waals surface area contributed by atoms with Crippen LogP contribution >= 0.6 is 0 Å². The maximum atomic E-state index is 10.7. The van der Waals surface area contributed by atoms with Crippen molar-refractivity contribution in [3.8, 4) is 0 Å². The zero-order valence-corrected chi connectivity index (χ0v) is 7.01. The Bertz CT molecular complexity index is 316. The average molecular weight is 182 g/mol. The Morgan fingerprint density at radius 1 is 1.77 bits per heavy atom. The summed E-state index contributed by atoms with van der Waals surface area (Å²) in [7, 11) is 0. The third-order valence-corrected chi connectivity index (χ3v) is 2.04. The highest BCUT2D eigenvalue weighted by Crippen LogP contribution is 2.16. The fourth-order valence-electron chi connectivity index (χ4n) is 1.30. The summed E-state index contributed by atoms with van der Waals surface area (Å²) in [4.78, 5) is 10.7. The molecule has 13 heavy (non-hydrogen) atoms. The van der Waals surface area contributed by atoms with E-state index < -0.39 is 5.91 Å². The smallest absolute Gasteiger partial charge is 0.270 e. The van der Waals surface area contributed by atoms with E-state index in [0.29, 0.717) is 6.61 Å². The van der Waals surface area contributed by atoms with E-state index in [-0.39, 0.29) is 11.7 Å². The first-order valence-corrected chi connectivity index (χ1v) is 4.07. The first-order valence-electron chi connectivity index (χ1n) is 4.07. The number of primary amides is 1. The van der Waals surface area contributed by atoms with Gasteiger partial charge in [-0.3, -0.25) is 4.79 Å². The second-order valence-corrected chi connectivity index (χ2v) is 2.97. The van der Waals surface area contributed by atoms with Crippen LogP contribution in [0.25, 0.3) is 0 Å². The van der Waals surface area contributed by atoms with Crippen LogP contribution in [0.3, 0.4) is 0 Å². The van der Waals surface area contributed by atoms with Crippen LogP contribution in [0.2, 0.25) is 0 Å². The summed E-state index contributed by atoms with van der Waals surface area (Å²) in [5.41, 5.74) is 5.24. The van der Waals surface area contributed by atoms with Gasteiger partial charge in [0.2, 0.25) is 0 Å². The van der Waals surface area contributed by atoms with E-state index in [2.05, 4.69) is 10.3 Å². The summed E-state index contributed by atoms with van der Waals surface area (Å²) < 4.78 is 6.81. The van der Waals surface area contributed by atoms with Crippen molar-refractivity contribution < 1.29 is 9.53 Å². The van der Waals surface area contributed by atoms with Crippen LogP contribution in [0.4, 0.5) is 0 Å². The third kappa shape index (κ3) is 1.52. The number of carbonyl (C=O) groups is 1. The number of hydrogen-bond donors (Lipinski definition) is 1. The molecule has 0 saturated carbocycles. The van der Waals surface area contributed by atoms with Crippen molar-refractivity contribution in [3.05, 3.63) is 11.9 Å². The standard InChI is InChI=1S/C7H10N4O2/c8-7(12)6-3-11(10-9-6)5-1-2-13-4-5/h3,5H,1-2,4H2,(H2,8,12). The zero-order valence-electron chi connectivity index (χ0n) is 7.01. The predicted molar refractivity (Wildman–Crippen MR) is 43.0 cm³/mol. The second-order valence-electron chi connectivity index (χ2n) is 2.97. The minimum atomic E-state index is -0.551. The van der Waals surface area contributed by atoms with Gasteiger partial charge in [0.25, 0.3) is 5.91 Å². The normalized spacial score (nSPS) is 22.0. The van der Waals surface area contributed by atoms with E-state index in [9.17, 15) is 4.79 Å². The molecule has 0 bridgehead atoms. The first-order chi connectivity index (χ1) is 6.27. The number of amides is 1. The van der Waals surface area contributed by atoms with Gasteiger partial charge in [0.05, 0.1) is 18.8 Å². The monoisotopic (exact) mass is 182 g/mol. The molecule has 0 aromatic carbocycles. The van der Waals surface area contributed by atoms with Gasteiger partial charge < -0.3 is 10.5 Å². The molecule has 6 heteroatoms. The summed E-state index contributed by atoms with van der Waals surface area (Å²) >= 11 is 0. The van der Waals surface area contributed by atoms with Crippen molar-refractivity contribution in [1.82, 2.24) is 15.0 Å². The lowest BCUT2D eigenvalue weighted by atomic mass is 10.3. The fraction of sp³-hybridized carbons (Fsp3) is 0.571. The molecule has 1 aliphatic heterocycles. The topological polar surface area (TPSA) is 83.0 Å². The molecule has 2 N–H and O–H groups in total. The molecule has 70 valence electrons. The highest BCUT2D eigenvalue weighted by Gasteiger charge is 2.19. The lowest BCUT2D eigenvalue weighted by molar-refractivity contribution is 0.0995. The predicted octanol–water partition coefficient (Wildman–Crippen LogP) is -0.662. The molecule has 1 saturated heterocycles. The molecule has 6 nitrogen and oxygen atoms in total. The van der Waals surface area contributed by atoms with E-state index in [0.717, 1.165) is 13.0 Å². The number of hydrogen-bond acceptors (Lipinski definition) is 4. The zero-order chi connectivity index (χ0) is 9.26. The lowest BCUT2D eigenvalue weighted by Gasteiger charge is -2.04. The Morgan fingerprint density at radius 3 is 3.15 bits per heavy atom. The molecule has 0 radical (unpaired) electrons. The van der Waals surface area contributed by atoms with Gasteiger partial charge in [0, 0.05) is 6.61 Å². The van der Waals surface area contributed by atoms with E-state index in [1.807, 2.05) is 0 Å². The molecular formula is C7H10N4O2. The first kappa shape index (κ1) is 8.18. The van der Waals surface area contributed by atoms with Gasteiger partial charge in [0.15, 0.2) is 5.69 Å². The van der Waals surface area contributed by atoms with Crippen LogP contribution in [-0.4, -0.2) is 34.1 Å². The summed E-state index contributed by atoms with van der Waals surface area (Å²) in [5.74, 6) is -0.551. The third-order valence-electron chi connectivity index (χ3n) is 2.04. The quantitative estimate of drug-likeness (QED) is 0.658. The summed E-state index contributed by atoms with van der Waals surface area (Å²) in [6, 6.07) is 0.195. The maximum absolute atomic E-state index is 10.7. The number of nitrogens with two attached hydrogens (primary N) is 1. The van der Waals surface area contributed by atoms with Gasteiger partial charge in [-0.2, -0.15) is 0 Å². The van der Waals surface area contributed by atoms with Gasteiger partial charge in [-0.1, -0.05) is 5.21 Å². The van der Waals surface area contributed by atoms with Crippen LogP contribution in [0.1, 0.15) is 23.0 Å². The number of nitrogens with zero attached hydrogens (tertiary/aromatic N) is 3. The number of aromatic nitrogens is 3. The molecule has 1 amide bonds. The minimum Gasteiger partial charge on any atom is -0.379 e. The molecule has 1 aromatic rings. The van der Waals surface area contributed by atoms with Crippen molar-refractivity contribution in [2.24, 2.45) is 5.73 Å². The van der Waals surface area contributed by atoms with Crippen LogP contribution in [-0.2, 0) is 4.74 Å². The van der Waals surface area contributed by atoms with Crippen LogP contribution in [0.5, 0.6) is 0 Å². The molecule has 0 spiro atoms. The summed E-state index contributed by atoms with van der Waals surface area (Å²) in [6.07, 6.45) is 2.46. The minimum absolute atomic E-state index is 0.195. The summed E-state index contributed by atoms with van der Waals surface area (Å²) in [6.45, 7) is 1.36. The Hall–Kier alpha value is -1.43. The SMILES string of the molecule is NC(=O)c1cn(C2CCOC2)nn1. The summed E-state index contributed by atoms with van der Waals surface area (Å²) in [5, 5.41) is 7.45. The Kier molecular flexibility index (Phi) is 1.97. The largest absolute Gasteiger partial charge is 0.379 e. The number of carbonyl (C=O) groups excluding carboxylic acids is 1. The lowest BCUT2D eigenvalue weighted by Crippen LogP contribution is -2.11. The molecule has 2 rings (SSSR count). The number of ether oxygens (including phenoxy) is 1. The molecule has 1 fully saturated rings. The molecule has 1 atom stereocenters. The Balaban J connectivity index is 2.16. The Labute approximate surface area is 74.7 Å². The highest BCUT2D eigenvalue weighted by atomic mass is 16.5. The maximum Gasteiger partial charge on any atom is 0.270 e. The van der Waals surface area contributed by atoms with Crippen molar-refractivity contribution in [3.63, 3.8) is 0 Å². The van der Waals surface area contributed by atoms with E-state index in [1.54, 1.807) is 10.9 Å². The molecule has 1 aliphatic rings. The average Bonchev–Trinajstić information content (AvgIpc) is 2.75. The van der Waals surface area contributed by atoms with Gasteiger partial charge in [0.1, 0.15) is 0 Å². The van der Waals surface area contributed by atoms with Crippen molar-refractivity contribution in [2.75, 3.05) is 13.2 Å². The van der Waals surface area contributed by atoms with Crippen molar-refractivity contribution in [1.29, 1.82) is 0 Å². The second kappa shape index (κ2) is 3.14. The van der Waals surface area contributed by atoms with Crippen molar-refractivity contribution in [2.45, 2.75) is 12.5 Å². The van der Waals surface area contributed by atoms with E-state index >= 15 is 0 Å². The van der Waals surface area contributed by atoms with Crippen molar-refractivity contribution >= 4 is 5.91 Å². The Morgan fingerprint density at radius 2 is 2.62 bits per heavy atom. The molecule has 0 aliphatic carbocycles. The molecule has 1 aromatic heterocycles. The highest BCUT2D eigenvalue weighted by molar-refractivity contribution is 5.90. The van der Waals surface area contributed by atoms with Crippen LogP contribution in [0, 0.1) is 0 Å². The van der Waals surface area contributed by atoms with Gasteiger partial charge in [-0.15, -0.1) is 5.10 Å². The van der Waals surface area contributed by atoms with Gasteiger partial charge in [-0.25, -0.2) is 4.68 Å². The molecular weight excluding hydrogens is 172 g/mol. The van der Waals surface area contributed by atoms with E-state index in [1.165, 1.54) is 0 Å². The van der Waals surface area contributed by atoms with Crippen LogP contribution < -0.4 is 5.73 Å². The van der Waals surface area contributed by atoms with E-state index in [4.69, 9.17) is 10.5 Å². The molecule has 2 heterocycles. The van der Waals surface area contributed by atoms with Crippen LogP contribution in [0.15, 0.2) is 6.20 Å². The molecule has 1 unspecified atom stereocenters. The van der Waals surface area contributed by atoms with Gasteiger partial charge in [-0.05, 0) is 6.42 Å².